The molecule has 0 aliphatic heterocycles. The zero-order valence-corrected chi connectivity index (χ0v) is 10.5. The van der Waals surface area contributed by atoms with E-state index in [0.717, 1.165) is 18.6 Å². The summed E-state index contributed by atoms with van der Waals surface area (Å²) in [7, 11) is 0. The molecule has 1 amide bonds. The van der Waals surface area contributed by atoms with Crippen molar-refractivity contribution >= 4 is 18.5 Å². The summed E-state index contributed by atoms with van der Waals surface area (Å²) < 4.78 is 13.3. The van der Waals surface area contributed by atoms with Gasteiger partial charge in [-0.15, -0.1) is 0 Å². The van der Waals surface area contributed by atoms with Crippen LogP contribution in [0.5, 0.6) is 0 Å². The monoisotopic (exact) mass is 253 g/mol. The van der Waals surface area contributed by atoms with Crippen molar-refractivity contribution in [1.29, 1.82) is 0 Å². The van der Waals surface area contributed by atoms with E-state index < -0.39 is 0 Å². The van der Waals surface area contributed by atoms with E-state index in [4.69, 9.17) is 0 Å². The molecule has 17 heavy (non-hydrogen) atoms. The number of carbonyl (C=O) groups is 1. The zero-order chi connectivity index (χ0) is 12.3. The Hall–Kier alpha value is -1.03. The third kappa shape index (κ3) is 3.22. The number of thiol groups is 1. The molecule has 0 saturated heterocycles. The first-order valence-corrected chi connectivity index (χ1v) is 6.39. The second-order valence-corrected chi connectivity index (χ2v) is 5.02. The average molecular weight is 253 g/mol. The number of hydrogen-bond acceptors (Lipinski definition) is 2. The second-order valence-electron chi connectivity index (χ2n) is 4.70. The number of rotatable bonds is 5. The summed E-state index contributed by atoms with van der Waals surface area (Å²) in [6, 6.07) is 6.49. The van der Waals surface area contributed by atoms with Crippen LogP contribution in [0, 0.1) is 11.2 Å². The minimum absolute atomic E-state index is 0.0141. The molecule has 0 aromatic heterocycles. The van der Waals surface area contributed by atoms with Crippen molar-refractivity contribution in [2.24, 2.45) is 5.41 Å². The van der Waals surface area contributed by atoms with Crippen LogP contribution in [0.4, 0.5) is 4.39 Å². The lowest BCUT2D eigenvalue weighted by Crippen LogP contribution is -2.26. The molecule has 1 aromatic carbocycles. The Bertz CT molecular complexity index is 418. The van der Waals surface area contributed by atoms with Crippen LogP contribution in [0.2, 0.25) is 0 Å². The number of benzene rings is 1. The highest BCUT2D eigenvalue weighted by molar-refractivity contribution is 7.80. The Kier molecular flexibility index (Phi) is 3.72. The first-order valence-electron chi connectivity index (χ1n) is 5.76. The van der Waals surface area contributed by atoms with Gasteiger partial charge in [0.1, 0.15) is 5.82 Å². The molecular formula is C13H16FNOS. The molecular weight excluding hydrogens is 237 g/mol. The van der Waals surface area contributed by atoms with E-state index in [1.54, 1.807) is 18.2 Å². The van der Waals surface area contributed by atoms with Gasteiger partial charge in [0.05, 0.1) is 0 Å². The van der Waals surface area contributed by atoms with Gasteiger partial charge >= 0.3 is 0 Å². The highest BCUT2D eigenvalue weighted by Gasteiger charge is 2.42. The van der Waals surface area contributed by atoms with E-state index in [0.29, 0.717) is 12.0 Å². The number of halogens is 1. The van der Waals surface area contributed by atoms with E-state index in [2.05, 4.69) is 17.9 Å². The van der Waals surface area contributed by atoms with Crippen LogP contribution in [0.15, 0.2) is 24.3 Å². The van der Waals surface area contributed by atoms with Crippen LogP contribution in [0.1, 0.15) is 24.8 Å². The van der Waals surface area contributed by atoms with E-state index in [-0.39, 0.29) is 23.7 Å². The standard InChI is InChI=1S/C13H16FNOS/c14-11-4-2-1-3-10(11)8-15-12(16)7-13(9-17)5-6-13/h1-4,17H,5-9H2,(H,15,16). The van der Waals surface area contributed by atoms with Crippen molar-refractivity contribution in [1.82, 2.24) is 5.32 Å². The second kappa shape index (κ2) is 5.08. The van der Waals surface area contributed by atoms with Crippen molar-refractivity contribution in [3.05, 3.63) is 35.6 Å². The topological polar surface area (TPSA) is 29.1 Å². The normalized spacial score (nSPS) is 16.6. The predicted octanol–water partition coefficient (Wildman–Crippen LogP) is 2.54. The van der Waals surface area contributed by atoms with Crippen LogP contribution >= 0.6 is 12.6 Å². The molecule has 0 atom stereocenters. The lowest BCUT2D eigenvalue weighted by atomic mass is 10.1. The zero-order valence-electron chi connectivity index (χ0n) is 9.58. The minimum Gasteiger partial charge on any atom is -0.352 e. The number of hydrogen-bond donors (Lipinski definition) is 2. The molecule has 2 nitrogen and oxygen atoms in total. The lowest BCUT2D eigenvalue weighted by Gasteiger charge is -2.11. The Labute approximate surface area is 106 Å². The van der Waals surface area contributed by atoms with Gasteiger partial charge in [0, 0.05) is 18.5 Å². The Morgan fingerprint density at radius 1 is 1.41 bits per heavy atom. The van der Waals surface area contributed by atoms with Gasteiger partial charge in [0.25, 0.3) is 0 Å². The third-order valence-corrected chi connectivity index (χ3v) is 3.93. The molecule has 2 rings (SSSR count). The van der Waals surface area contributed by atoms with Crippen molar-refractivity contribution in [3.63, 3.8) is 0 Å². The molecule has 0 heterocycles. The molecule has 1 aliphatic carbocycles. The van der Waals surface area contributed by atoms with Crippen molar-refractivity contribution < 1.29 is 9.18 Å². The molecule has 4 heteroatoms. The van der Waals surface area contributed by atoms with E-state index in [9.17, 15) is 9.18 Å². The van der Waals surface area contributed by atoms with Gasteiger partial charge in [-0.3, -0.25) is 4.79 Å². The number of carbonyl (C=O) groups excluding carboxylic acids is 1. The molecule has 1 saturated carbocycles. The van der Waals surface area contributed by atoms with E-state index in [1.165, 1.54) is 6.07 Å². The van der Waals surface area contributed by atoms with Crippen LogP contribution in [0.25, 0.3) is 0 Å². The van der Waals surface area contributed by atoms with Gasteiger partial charge < -0.3 is 5.32 Å². The van der Waals surface area contributed by atoms with Crippen LogP contribution in [-0.4, -0.2) is 11.7 Å². The SMILES string of the molecule is O=C(CC1(CS)CC1)NCc1ccccc1F. The van der Waals surface area contributed by atoms with Gasteiger partial charge in [0.15, 0.2) is 0 Å². The van der Waals surface area contributed by atoms with Gasteiger partial charge in [-0.2, -0.15) is 12.6 Å². The van der Waals surface area contributed by atoms with E-state index in [1.807, 2.05) is 0 Å². The maximum absolute atomic E-state index is 13.3. The van der Waals surface area contributed by atoms with Crippen molar-refractivity contribution in [2.45, 2.75) is 25.8 Å². The lowest BCUT2D eigenvalue weighted by molar-refractivity contribution is -0.122. The Morgan fingerprint density at radius 2 is 2.12 bits per heavy atom. The maximum atomic E-state index is 13.3. The van der Waals surface area contributed by atoms with Crippen LogP contribution < -0.4 is 5.32 Å². The minimum atomic E-state index is -0.275. The Balaban J connectivity index is 1.82. The number of amides is 1. The highest BCUT2D eigenvalue weighted by Crippen LogP contribution is 2.49. The number of nitrogens with one attached hydrogen (secondary N) is 1. The highest BCUT2D eigenvalue weighted by atomic mass is 32.1. The summed E-state index contributed by atoms with van der Waals surface area (Å²) in [6.45, 7) is 0.258. The van der Waals surface area contributed by atoms with E-state index >= 15 is 0 Å². The molecule has 0 radical (unpaired) electrons. The summed E-state index contributed by atoms with van der Waals surface area (Å²) in [6.07, 6.45) is 2.65. The first-order chi connectivity index (χ1) is 8.15. The fourth-order valence-corrected chi connectivity index (χ4v) is 2.23. The van der Waals surface area contributed by atoms with Crippen LogP contribution in [-0.2, 0) is 11.3 Å². The molecule has 92 valence electrons. The van der Waals surface area contributed by atoms with Gasteiger partial charge in [-0.1, -0.05) is 18.2 Å². The smallest absolute Gasteiger partial charge is 0.220 e. The van der Waals surface area contributed by atoms with Crippen molar-refractivity contribution in [3.8, 4) is 0 Å². The fraction of sp³-hybridized carbons (Fsp3) is 0.462. The van der Waals surface area contributed by atoms with Gasteiger partial charge in [0.2, 0.25) is 5.91 Å². The Morgan fingerprint density at radius 3 is 2.71 bits per heavy atom. The fourth-order valence-electron chi connectivity index (χ4n) is 1.81. The summed E-state index contributed by atoms with van der Waals surface area (Å²) in [5, 5.41) is 2.76. The van der Waals surface area contributed by atoms with Gasteiger partial charge in [-0.05, 0) is 30.1 Å². The molecule has 1 fully saturated rings. The maximum Gasteiger partial charge on any atom is 0.220 e. The molecule has 0 bridgehead atoms. The molecule has 1 aromatic rings. The summed E-state index contributed by atoms with van der Waals surface area (Å²) >= 11 is 4.25. The average Bonchev–Trinajstić information content (AvgIpc) is 3.08. The first kappa shape index (κ1) is 12.4. The molecule has 0 unspecified atom stereocenters. The molecule has 0 spiro atoms. The van der Waals surface area contributed by atoms with Gasteiger partial charge in [-0.25, -0.2) is 4.39 Å². The predicted molar refractivity (Wildman–Crippen MR) is 68.4 cm³/mol. The van der Waals surface area contributed by atoms with Crippen LogP contribution in [0.3, 0.4) is 0 Å². The summed E-state index contributed by atoms with van der Waals surface area (Å²) in [4.78, 5) is 11.7. The van der Waals surface area contributed by atoms with Crippen molar-refractivity contribution in [2.75, 3.05) is 5.75 Å². The summed E-state index contributed by atoms with van der Waals surface area (Å²) in [5.41, 5.74) is 0.638. The molecule has 1 aliphatic rings. The third-order valence-electron chi connectivity index (χ3n) is 3.26. The quantitative estimate of drug-likeness (QED) is 0.776. The largest absolute Gasteiger partial charge is 0.352 e. The summed E-state index contributed by atoms with van der Waals surface area (Å²) in [5.74, 6) is 0.461. The molecule has 1 N–H and O–H groups in total.